The molecule has 0 aromatic heterocycles. The Labute approximate surface area is 90.2 Å². The van der Waals surface area contributed by atoms with Crippen LogP contribution in [0.2, 0.25) is 0 Å². The third-order valence-electron chi connectivity index (χ3n) is 3.20. The third kappa shape index (κ3) is 1.91. The van der Waals surface area contributed by atoms with Crippen LogP contribution in [0.5, 0.6) is 0 Å². The first kappa shape index (κ1) is 10.3. The Morgan fingerprint density at radius 2 is 2.33 bits per heavy atom. The van der Waals surface area contributed by atoms with E-state index in [0.717, 1.165) is 37.1 Å². The average molecular weight is 207 g/mol. The van der Waals surface area contributed by atoms with E-state index in [4.69, 9.17) is 4.74 Å². The number of nitrogens with one attached hydrogen (secondary N) is 1. The fourth-order valence-corrected chi connectivity index (χ4v) is 2.36. The van der Waals surface area contributed by atoms with Crippen molar-refractivity contribution in [3.63, 3.8) is 0 Å². The minimum Gasteiger partial charge on any atom is -0.497 e. The second-order valence-corrected chi connectivity index (χ2v) is 4.25. The first-order chi connectivity index (χ1) is 7.22. The van der Waals surface area contributed by atoms with Crippen LogP contribution < -0.4 is 5.32 Å². The van der Waals surface area contributed by atoms with Gasteiger partial charge < -0.3 is 10.1 Å². The highest BCUT2D eigenvalue weighted by atomic mass is 16.5. The van der Waals surface area contributed by atoms with Crippen LogP contribution in [0.4, 0.5) is 0 Å². The van der Waals surface area contributed by atoms with Crippen molar-refractivity contribution in [3.8, 4) is 0 Å². The summed E-state index contributed by atoms with van der Waals surface area (Å²) >= 11 is 0. The summed E-state index contributed by atoms with van der Waals surface area (Å²) in [5, 5.41) is 2.92. The van der Waals surface area contributed by atoms with E-state index in [9.17, 15) is 4.79 Å². The van der Waals surface area contributed by atoms with Crippen LogP contribution in [-0.2, 0) is 9.53 Å². The summed E-state index contributed by atoms with van der Waals surface area (Å²) in [6.07, 6.45) is 5.04. The van der Waals surface area contributed by atoms with Crippen LogP contribution in [0.25, 0.3) is 0 Å². The molecule has 0 radical (unpaired) electrons. The number of ether oxygens (including phenoxy) is 1. The fourth-order valence-electron chi connectivity index (χ4n) is 2.36. The lowest BCUT2D eigenvalue weighted by Gasteiger charge is -2.23. The minimum atomic E-state index is 0.0829. The van der Waals surface area contributed by atoms with Gasteiger partial charge in [-0.1, -0.05) is 0 Å². The number of allylic oxidation sites excluding steroid dienone is 2. The van der Waals surface area contributed by atoms with Gasteiger partial charge in [0.05, 0.1) is 7.11 Å². The average Bonchev–Trinajstić information content (AvgIpc) is 2.40. The van der Waals surface area contributed by atoms with E-state index >= 15 is 0 Å². The largest absolute Gasteiger partial charge is 0.497 e. The second kappa shape index (κ2) is 4.09. The number of carbonyl (C=O) groups excluding carboxylic acids is 1. The van der Waals surface area contributed by atoms with Crippen molar-refractivity contribution in [1.82, 2.24) is 5.32 Å². The Hall–Kier alpha value is -1.25. The molecule has 1 aliphatic carbocycles. The zero-order valence-electron chi connectivity index (χ0n) is 9.30. The molecule has 15 heavy (non-hydrogen) atoms. The predicted molar refractivity (Wildman–Crippen MR) is 58.1 cm³/mol. The molecule has 1 heterocycles. The zero-order chi connectivity index (χ0) is 10.8. The van der Waals surface area contributed by atoms with Gasteiger partial charge in [-0.15, -0.1) is 0 Å². The Bertz CT molecular complexity index is 342. The van der Waals surface area contributed by atoms with Gasteiger partial charge in [0.1, 0.15) is 5.76 Å². The molecule has 1 amide bonds. The Balaban J connectivity index is 2.32. The minimum absolute atomic E-state index is 0.0829. The molecule has 3 nitrogen and oxygen atoms in total. The highest BCUT2D eigenvalue weighted by Crippen LogP contribution is 2.33. The normalized spacial score (nSPS) is 26.4. The van der Waals surface area contributed by atoms with Gasteiger partial charge in [0.2, 0.25) is 5.91 Å². The molecular weight excluding hydrogens is 190 g/mol. The van der Waals surface area contributed by atoms with Crippen molar-refractivity contribution < 1.29 is 9.53 Å². The van der Waals surface area contributed by atoms with Crippen molar-refractivity contribution in [2.45, 2.75) is 26.2 Å². The van der Waals surface area contributed by atoms with Crippen LogP contribution in [0.1, 0.15) is 26.2 Å². The number of hydrogen-bond acceptors (Lipinski definition) is 2. The maximum atomic E-state index is 11.8. The molecule has 0 aromatic rings. The zero-order valence-corrected chi connectivity index (χ0v) is 9.30. The number of fused-ring (bicyclic) bond motifs is 1. The number of methoxy groups -OCH3 is 1. The van der Waals surface area contributed by atoms with E-state index in [1.165, 1.54) is 5.57 Å². The monoisotopic (exact) mass is 207 g/mol. The van der Waals surface area contributed by atoms with Crippen molar-refractivity contribution in [2.24, 2.45) is 5.92 Å². The third-order valence-corrected chi connectivity index (χ3v) is 3.20. The number of hydrogen-bond donors (Lipinski definition) is 1. The van der Waals surface area contributed by atoms with Crippen molar-refractivity contribution in [2.75, 3.05) is 13.7 Å². The van der Waals surface area contributed by atoms with Crippen LogP contribution in [0.3, 0.4) is 0 Å². The number of carbonyl (C=O) groups is 1. The Morgan fingerprint density at radius 1 is 1.53 bits per heavy atom. The standard InChI is InChI=1S/C12H17NO2/c1-8-6-9-4-3-5-13-12(14)10(9)7-11(8)15-2/h7,9H,3-6H2,1-2H3,(H,13,14). The molecule has 1 atom stereocenters. The highest BCUT2D eigenvalue weighted by molar-refractivity contribution is 5.95. The fraction of sp³-hybridized carbons (Fsp3) is 0.583. The van der Waals surface area contributed by atoms with E-state index < -0.39 is 0 Å². The smallest absolute Gasteiger partial charge is 0.247 e. The van der Waals surface area contributed by atoms with Crippen LogP contribution in [0, 0.1) is 5.92 Å². The summed E-state index contributed by atoms with van der Waals surface area (Å²) in [5.41, 5.74) is 2.15. The first-order valence-electron chi connectivity index (χ1n) is 5.46. The van der Waals surface area contributed by atoms with Gasteiger partial charge in [0.25, 0.3) is 0 Å². The molecule has 3 heteroatoms. The molecule has 2 aliphatic rings. The molecule has 1 N–H and O–H groups in total. The molecule has 1 aliphatic heterocycles. The Kier molecular flexibility index (Phi) is 2.80. The summed E-state index contributed by atoms with van der Waals surface area (Å²) in [6, 6.07) is 0. The maximum Gasteiger partial charge on any atom is 0.247 e. The predicted octanol–water partition coefficient (Wildman–Crippen LogP) is 1.76. The topological polar surface area (TPSA) is 38.3 Å². The van der Waals surface area contributed by atoms with E-state index in [1.807, 2.05) is 6.08 Å². The SMILES string of the molecule is COC1=C(C)CC2CCCNC(=O)C2=C1. The quantitative estimate of drug-likeness (QED) is 0.711. The summed E-state index contributed by atoms with van der Waals surface area (Å²) in [7, 11) is 1.66. The number of amides is 1. The number of rotatable bonds is 1. The van der Waals surface area contributed by atoms with Gasteiger partial charge >= 0.3 is 0 Å². The van der Waals surface area contributed by atoms with Gasteiger partial charge in [0.15, 0.2) is 0 Å². The molecule has 1 unspecified atom stereocenters. The summed E-state index contributed by atoms with van der Waals surface area (Å²) in [4.78, 5) is 11.8. The van der Waals surface area contributed by atoms with Gasteiger partial charge in [-0.2, -0.15) is 0 Å². The Morgan fingerprint density at radius 3 is 3.07 bits per heavy atom. The van der Waals surface area contributed by atoms with Gasteiger partial charge in [-0.3, -0.25) is 4.79 Å². The van der Waals surface area contributed by atoms with Crippen molar-refractivity contribution in [3.05, 3.63) is 23.0 Å². The van der Waals surface area contributed by atoms with Crippen molar-refractivity contribution >= 4 is 5.91 Å². The maximum absolute atomic E-state index is 11.8. The molecule has 1 saturated heterocycles. The van der Waals surface area contributed by atoms with Crippen LogP contribution in [0.15, 0.2) is 23.0 Å². The molecule has 1 fully saturated rings. The molecule has 2 rings (SSSR count). The highest BCUT2D eigenvalue weighted by Gasteiger charge is 2.28. The van der Waals surface area contributed by atoms with Gasteiger partial charge in [-0.25, -0.2) is 0 Å². The molecule has 0 saturated carbocycles. The first-order valence-corrected chi connectivity index (χ1v) is 5.46. The lowest BCUT2D eigenvalue weighted by molar-refractivity contribution is -0.117. The summed E-state index contributed by atoms with van der Waals surface area (Å²) < 4.78 is 5.26. The van der Waals surface area contributed by atoms with Crippen molar-refractivity contribution in [1.29, 1.82) is 0 Å². The summed E-state index contributed by atoms with van der Waals surface area (Å²) in [5.74, 6) is 1.34. The van der Waals surface area contributed by atoms with E-state index in [0.29, 0.717) is 5.92 Å². The van der Waals surface area contributed by atoms with Gasteiger partial charge in [-0.05, 0) is 43.8 Å². The van der Waals surface area contributed by atoms with E-state index in [1.54, 1.807) is 7.11 Å². The molecular formula is C12H17NO2. The van der Waals surface area contributed by atoms with Crippen LogP contribution in [-0.4, -0.2) is 19.6 Å². The lowest BCUT2D eigenvalue weighted by Crippen LogP contribution is -2.26. The molecule has 82 valence electrons. The van der Waals surface area contributed by atoms with Crippen LogP contribution >= 0.6 is 0 Å². The molecule has 0 aromatic carbocycles. The summed E-state index contributed by atoms with van der Waals surface area (Å²) in [6.45, 7) is 2.88. The van der Waals surface area contributed by atoms with E-state index in [2.05, 4.69) is 12.2 Å². The second-order valence-electron chi connectivity index (χ2n) is 4.25. The molecule has 0 spiro atoms. The van der Waals surface area contributed by atoms with E-state index in [-0.39, 0.29) is 5.91 Å². The van der Waals surface area contributed by atoms with Gasteiger partial charge in [0, 0.05) is 12.1 Å². The molecule has 0 bridgehead atoms. The lowest BCUT2D eigenvalue weighted by atomic mass is 9.84.